The SMILES string of the molecule is CCC1CC(N[C@H](C)c2ccccc2C)CCO1. The van der Waals surface area contributed by atoms with Gasteiger partial charge in [0.05, 0.1) is 6.10 Å². The third kappa shape index (κ3) is 3.33. The molecule has 0 amide bonds. The van der Waals surface area contributed by atoms with Gasteiger partial charge in [-0.25, -0.2) is 0 Å². The highest BCUT2D eigenvalue weighted by molar-refractivity contribution is 5.28. The Balaban J connectivity index is 1.95. The van der Waals surface area contributed by atoms with E-state index in [1.807, 2.05) is 0 Å². The molecule has 2 rings (SSSR count). The Hall–Kier alpha value is -0.860. The summed E-state index contributed by atoms with van der Waals surface area (Å²) in [6.07, 6.45) is 3.84. The van der Waals surface area contributed by atoms with E-state index in [0.717, 1.165) is 25.9 Å². The summed E-state index contributed by atoms with van der Waals surface area (Å²) in [7, 11) is 0. The van der Waals surface area contributed by atoms with Crippen LogP contribution in [0.2, 0.25) is 0 Å². The number of nitrogens with one attached hydrogen (secondary N) is 1. The minimum absolute atomic E-state index is 0.423. The monoisotopic (exact) mass is 247 g/mol. The first kappa shape index (κ1) is 13.6. The molecular weight excluding hydrogens is 222 g/mol. The molecule has 1 aromatic rings. The maximum Gasteiger partial charge on any atom is 0.0587 e. The van der Waals surface area contributed by atoms with Crippen molar-refractivity contribution in [2.45, 2.75) is 58.2 Å². The fourth-order valence-corrected chi connectivity index (χ4v) is 2.83. The summed E-state index contributed by atoms with van der Waals surface area (Å²) in [6, 6.07) is 9.66. The van der Waals surface area contributed by atoms with Gasteiger partial charge in [-0.15, -0.1) is 0 Å². The lowest BCUT2D eigenvalue weighted by Gasteiger charge is -2.32. The van der Waals surface area contributed by atoms with Gasteiger partial charge in [0.15, 0.2) is 0 Å². The van der Waals surface area contributed by atoms with Gasteiger partial charge in [-0.2, -0.15) is 0 Å². The molecule has 1 aromatic carbocycles. The van der Waals surface area contributed by atoms with Crippen molar-refractivity contribution in [2.24, 2.45) is 0 Å². The van der Waals surface area contributed by atoms with Crippen LogP contribution in [0.5, 0.6) is 0 Å². The molecule has 1 N–H and O–H groups in total. The predicted octanol–water partition coefficient (Wildman–Crippen LogP) is 3.60. The standard InChI is InChI=1S/C16H25NO/c1-4-15-11-14(9-10-18-15)17-13(3)16-8-6-5-7-12(16)2/h5-8,13-15,17H,4,9-11H2,1-3H3/t13-,14?,15?/m1/s1. The van der Waals surface area contributed by atoms with Gasteiger partial charge >= 0.3 is 0 Å². The molecule has 1 aliphatic heterocycles. The summed E-state index contributed by atoms with van der Waals surface area (Å²) in [6.45, 7) is 7.56. The Morgan fingerprint density at radius 2 is 2.17 bits per heavy atom. The first-order valence-electron chi connectivity index (χ1n) is 7.14. The van der Waals surface area contributed by atoms with Crippen LogP contribution in [0, 0.1) is 6.92 Å². The van der Waals surface area contributed by atoms with Gasteiger partial charge in [0, 0.05) is 18.7 Å². The van der Waals surface area contributed by atoms with Gasteiger partial charge in [-0.3, -0.25) is 0 Å². The van der Waals surface area contributed by atoms with Crippen LogP contribution in [0.15, 0.2) is 24.3 Å². The first-order chi connectivity index (χ1) is 8.70. The zero-order valence-electron chi connectivity index (χ0n) is 11.8. The Kier molecular flexibility index (Phi) is 4.79. The summed E-state index contributed by atoms with van der Waals surface area (Å²) in [5, 5.41) is 3.76. The van der Waals surface area contributed by atoms with E-state index < -0.39 is 0 Å². The minimum Gasteiger partial charge on any atom is -0.378 e. The van der Waals surface area contributed by atoms with E-state index in [1.165, 1.54) is 11.1 Å². The van der Waals surface area contributed by atoms with Gasteiger partial charge in [-0.05, 0) is 44.2 Å². The topological polar surface area (TPSA) is 21.3 Å². The second kappa shape index (κ2) is 6.35. The first-order valence-corrected chi connectivity index (χ1v) is 7.14. The van der Waals surface area contributed by atoms with Gasteiger partial charge in [0.25, 0.3) is 0 Å². The molecule has 0 radical (unpaired) electrons. The molecule has 2 heteroatoms. The molecule has 18 heavy (non-hydrogen) atoms. The molecule has 2 nitrogen and oxygen atoms in total. The van der Waals surface area contributed by atoms with E-state index in [0.29, 0.717) is 18.2 Å². The predicted molar refractivity (Wildman–Crippen MR) is 75.8 cm³/mol. The zero-order valence-corrected chi connectivity index (χ0v) is 11.8. The highest BCUT2D eigenvalue weighted by atomic mass is 16.5. The van der Waals surface area contributed by atoms with Gasteiger partial charge in [0.1, 0.15) is 0 Å². The zero-order chi connectivity index (χ0) is 13.0. The Morgan fingerprint density at radius 3 is 2.89 bits per heavy atom. The molecule has 0 aromatic heterocycles. The molecule has 0 bridgehead atoms. The molecule has 3 atom stereocenters. The highest BCUT2D eigenvalue weighted by Crippen LogP contribution is 2.22. The van der Waals surface area contributed by atoms with E-state index in [2.05, 4.69) is 50.4 Å². The van der Waals surface area contributed by atoms with Crippen molar-refractivity contribution in [3.8, 4) is 0 Å². The van der Waals surface area contributed by atoms with Crippen molar-refractivity contribution in [1.29, 1.82) is 0 Å². The van der Waals surface area contributed by atoms with Crippen LogP contribution in [-0.4, -0.2) is 18.8 Å². The summed E-state index contributed by atoms with van der Waals surface area (Å²) in [5.74, 6) is 0. The van der Waals surface area contributed by atoms with Crippen molar-refractivity contribution >= 4 is 0 Å². The van der Waals surface area contributed by atoms with Crippen LogP contribution >= 0.6 is 0 Å². The number of ether oxygens (including phenoxy) is 1. The van der Waals surface area contributed by atoms with E-state index in [9.17, 15) is 0 Å². The van der Waals surface area contributed by atoms with Crippen molar-refractivity contribution < 1.29 is 4.74 Å². The molecule has 1 fully saturated rings. The largest absolute Gasteiger partial charge is 0.378 e. The third-order valence-corrected chi connectivity index (χ3v) is 3.96. The molecular formula is C16H25NO. The molecule has 100 valence electrons. The molecule has 1 saturated heterocycles. The fraction of sp³-hybridized carbons (Fsp3) is 0.625. The van der Waals surface area contributed by atoms with Gasteiger partial charge in [0.2, 0.25) is 0 Å². The summed E-state index contributed by atoms with van der Waals surface area (Å²) >= 11 is 0. The van der Waals surface area contributed by atoms with Crippen LogP contribution < -0.4 is 5.32 Å². The minimum atomic E-state index is 0.423. The second-order valence-electron chi connectivity index (χ2n) is 5.37. The van der Waals surface area contributed by atoms with E-state index in [4.69, 9.17) is 4.74 Å². The number of aryl methyl sites for hydroxylation is 1. The van der Waals surface area contributed by atoms with Crippen molar-refractivity contribution in [2.75, 3.05) is 6.61 Å². The smallest absolute Gasteiger partial charge is 0.0587 e. The van der Waals surface area contributed by atoms with Crippen LogP contribution in [0.3, 0.4) is 0 Å². The molecule has 1 aliphatic rings. The van der Waals surface area contributed by atoms with Crippen LogP contribution in [0.1, 0.15) is 50.3 Å². The number of hydrogen-bond acceptors (Lipinski definition) is 2. The quantitative estimate of drug-likeness (QED) is 0.877. The van der Waals surface area contributed by atoms with E-state index >= 15 is 0 Å². The molecule has 2 unspecified atom stereocenters. The maximum atomic E-state index is 5.73. The van der Waals surface area contributed by atoms with Crippen LogP contribution in [0.4, 0.5) is 0 Å². The molecule has 1 heterocycles. The Bertz CT molecular complexity index is 377. The number of hydrogen-bond donors (Lipinski definition) is 1. The van der Waals surface area contributed by atoms with Crippen molar-refractivity contribution in [1.82, 2.24) is 5.32 Å². The lowest BCUT2D eigenvalue weighted by molar-refractivity contribution is -0.00166. The van der Waals surface area contributed by atoms with Gasteiger partial charge in [-0.1, -0.05) is 31.2 Å². The average Bonchev–Trinajstić information content (AvgIpc) is 2.39. The van der Waals surface area contributed by atoms with E-state index in [-0.39, 0.29) is 0 Å². The third-order valence-electron chi connectivity index (χ3n) is 3.96. The summed E-state index contributed by atoms with van der Waals surface area (Å²) < 4.78 is 5.73. The van der Waals surface area contributed by atoms with Crippen LogP contribution in [-0.2, 0) is 4.74 Å². The molecule has 0 aliphatic carbocycles. The van der Waals surface area contributed by atoms with Crippen molar-refractivity contribution in [3.63, 3.8) is 0 Å². The second-order valence-corrected chi connectivity index (χ2v) is 5.37. The lowest BCUT2D eigenvalue weighted by Crippen LogP contribution is -2.40. The average molecular weight is 247 g/mol. The lowest BCUT2D eigenvalue weighted by atomic mass is 9.97. The maximum absolute atomic E-state index is 5.73. The van der Waals surface area contributed by atoms with Gasteiger partial charge < -0.3 is 10.1 Å². The Morgan fingerprint density at radius 1 is 1.39 bits per heavy atom. The Labute approximate surface area is 111 Å². The van der Waals surface area contributed by atoms with Crippen LogP contribution in [0.25, 0.3) is 0 Å². The summed E-state index contributed by atoms with van der Waals surface area (Å²) in [4.78, 5) is 0. The van der Waals surface area contributed by atoms with Crippen molar-refractivity contribution in [3.05, 3.63) is 35.4 Å². The number of rotatable bonds is 4. The number of benzene rings is 1. The molecule has 0 saturated carbocycles. The fourth-order valence-electron chi connectivity index (χ4n) is 2.83. The normalized spacial score (nSPS) is 25.9. The summed E-state index contributed by atoms with van der Waals surface area (Å²) in [5.41, 5.74) is 2.79. The molecule has 0 spiro atoms. The van der Waals surface area contributed by atoms with E-state index in [1.54, 1.807) is 0 Å². The highest BCUT2D eigenvalue weighted by Gasteiger charge is 2.22.